The number of methoxy groups -OCH3 is 3. The standard InChI is InChI=1S/C21H29N3O4S/c1-6-24-9-7-8-15(24)12-22-20(25)19-13(2)23-21(29-19)14-10-16(26-3)18(28-5)17(11-14)27-4/h10-11,15H,6-9,12H2,1-5H3,(H,22,25)/t15-/m0/s1. The van der Waals surface area contributed by atoms with Gasteiger partial charge in [-0.05, 0) is 45.0 Å². The molecule has 0 radical (unpaired) electrons. The Morgan fingerprint density at radius 3 is 2.52 bits per heavy atom. The Kier molecular flexibility index (Phi) is 6.97. The maximum atomic E-state index is 12.8. The van der Waals surface area contributed by atoms with Crippen molar-refractivity contribution in [1.82, 2.24) is 15.2 Å². The maximum Gasteiger partial charge on any atom is 0.263 e. The fraction of sp³-hybridized carbons (Fsp3) is 0.524. The minimum Gasteiger partial charge on any atom is -0.493 e. The molecule has 3 rings (SSSR count). The van der Waals surface area contributed by atoms with E-state index >= 15 is 0 Å². The van der Waals surface area contributed by atoms with Gasteiger partial charge < -0.3 is 19.5 Å². The van der Waals surface area contributed by atoms with Crippen molar-refractivity contribution in [3.05, 3.63) is 22.7 Å². The van der Waals surface area contributed by atoms with Crippen LogP contribution in [0.1, 0.15) is 35.1 Å². The molecule has 1 amide bonds. The number of rotatable bonds is 8. The third-order valence-corrected chi connectivity index (χ3v) is 6.52. The number of carbonyl (C=O) groups excluding carboxylic acids is 1. The third kappa shape index (κ3) is 4.48. The minimum absolute atomic E-state index is 0.0679. The van der Waals surface area contributed by atoms with Gasteiger partial charge in [0.15, 0.2) is 11.5 Å². The number of nitrogens with zero attached hydrogens (tertiary/aromatic N) is 2. The van der Waals surface area contributed by atoms with Crippen LogP contribution in [-0.2, 0) is 0 Å². The van der Waals surface area contributed by atoms with E-state index in [-0.39, 0.29) is 5.91 Å². The summed E-state index contributed by atoms with van der Waals surface area (Å²) in [6.07, 6.45) is 2.33. The van der Waals surface area contributed by atoms with E-state index < -0.39 is 0 Å². The lowest BCUT2D eigenvalue weighted by Gasteiger charge is -2.22. The summed E-state index contributed by atoms with van der Waals surface area (Å²) in [4.78, 5) is 20.4. The first-order valence-corrected chi connectivity index (χ1v) is 10.6. The van der Waals surface area contributed by atoms with E-state index in [0.29, 0.717) is 34.7 Å². The van der Waals surface area contributed by atoms with Gasteiger partial charge in [0.2, 0.25) is 5.75 Å². The highest BCUT2D eigenvalue weighted by Crippen LogP contribution is 2.42. The molecule has 1 atom stereocenters. The normalized spacial score (nSPS) is 16.7. The Balaban J connectivity index is 1.80. The van der Waals surface area contributed by atoms with Gasteiger partial charge in [-0.25, -0.2) is 4.98 Å². The van der Waals surface area contributed by atoms with Gasteiger partial charge in [-0.1, -0.05) is 6.92 Å². The number of aryl methyl sites for hydroxylation is 1. The minimum atomic E-state index is -0.0679. The summed E-state index contributed by atoms with van der Waals surface area (Å²) in [6.45, 7) is 6.83. The second-order valence-electron chi connectivity index (χ2n) is 6.98. The van der Waals surface area contributed by atoms with Crippen LogP contribution in [0.3, 0.4) is 0 Å². The molecule has 1 aromatic heterocycles. The van der Waals surface area contributed by atoms with Gasteiger partial charge in [0.25, 0.3) is 5.91 Å². The van der Waals surface area contributed by atoms with Crippen LogP contribution in [-0.4, -0.2) is 62.8 Å². The molecule has 8 heteroatoms. The van der Waals surface area contributed by atoms with Gasteiger partial charge in [0, 0.05) is 18.2 Å². The van der Waals surface area contributed by atoms with Gasteiger partial charge in [-0.2, -0.15) is 0 Å². The zero-order valence-electron chi connectivity index (χ0n) is 17.7. The van der Waals surface area contributed by atoms with Crippen molar-refractivity contribution >= 4 is 17.2 Å². The topological polar surface area (TPSA) is 72.9 Å². The Morgan fingerprint density at radius 1 is 1.24 bits per heavy atom. The molecule has 2 aromatic rings. The number of aromatic nitrogens is 1. The lowest BCUT2D eigenvalue weighted by atomic mass is 10.2. The second kappa shape index (κ2) is 9.45. The van der Waals surface area contributed by atoms with Crippen molar-refractivity contribution in [2.24, 2.45) is 0 Å². The Labute approximate surface area is 176 Å². The van der Waals surface area contributed by atoms with Crippen LogP contribution in [0.15, 0.2) is 12.1 Å². The first kappa shape index (κ1) is 21.4. The number of nitrogens with one attached hydrogen (secondary N) is 1. The van der Waals surface area contributed by atoms with E-state index in [2.05, 4.69) is 22.1 Å². The van der Waals surface area contributed by atoms with E-state index in [1.54, 1.807) is 21.3 Å². The third-order valence-electron chi connectivity index (χ3n) is 5.32. The number of carbonyl (C=O) groups is 1. The quantitative estimate of drug-likeness (QED) is 0.707. The lowest BCUT2D eigenvalue weighted by molar-refractivity contribution is 0.0944. The highest BCUT2D eigenvalue weighted by Gasteiger charge is 2.25. The van der Waals surface area contributed by atoms with E-state index in [1.807, 2.05) is 19.1 Å². The fourth-order valence-corrected chi connectivity index (χ4v) is 4.74. The molecule has 0 saturated carbocycles. The van der Waals surface area contributed by atoms with Crippen molar-refractivity contribution in [3.8, 4) is 27.8 Å². The summed E-state index contributed by atoms with van der Waals surface area (Å²) in [6, 6.07) is 4.12. The summed E-state index contributed by atoms with van der Waals surface area (Å²) in [5, 5.41) is 3.83. The second-order valence-corrected chi connectivity index (χ2v) is 7.98. The molecule has 0 spiro atoms. The van der Waals surface area contributed by atoms with Crippen LogP contribution in [0.5, 0.6) is 17.2 Å². The van der Waals surface area contributed by atoms with Gasteiger partial charge in [0.1, 0.15) is 9.88 Å². The molecule has 2 heterocycles. The molecule has 0 unspecified atom stereocenters. The number of likely N-dealkylation sites (N-methyl/N-ethyl adjacent to an activating group) is 1. The number of amides is 1. The molecular formula is C21H29N3O4S. The molecule has 158 valence electrons. The van der Waals surface area contributed by atoms with Crippen molar-refractivity contribution in [3.63, 3.8) is 0 Å². The summed E-state index contributed by atoms with van der Waals surface area (Å²) in [5.41, 5.74) is 1.54. The van der Waals surface area contributed by atoms with Gasteiger partial charge in [-0.15, -0.1) is 11.3 Å². The summed E-state index contributed by atoms with van der Waals surface area (Å²) < 4.78 is 16.2. The SMILES string of the molecule is CCN1CCC[C@H]1CNC(=O)c1sc(-c2cc(OC)c(OC)c(OC)c2)nc1C. The number of ether oxygens (including phenoxy) is 3. The molecule has 7 nitrogen and oxygen atoms in total. The average Bonchev–Trinajstić information content (AvgIpc) is 3.36. The molecule has 1 saturated heterocycles. The number of benzene rings is 1. The molecule has 1 aliphatic heterocycles. The zero-order chi connectivity index (χ0) is 21.0. The lowest BCUT2D eigenvalue weighted by Crippen LogP contribution is -2.39. The molecule has 1 aliphatic rings. The highest BCUT2D eigenvalue weighted by molar-refractivity contribution is 7.17. The number of likely N-dealkylation sites (tertiary alicyclic amines) is 1. The van der Waals surface area contributed by atoms with Gasteiger partial charge >= 0.3 is 0 Å². The van der Waals surface area contributed by atoms with Crippen LogP contribution in [0.2, 0.25) is 0 Å². The van der Waals surface area contributed by atoms with Crippen molar-refractivity contribution in [2.45, 2.75) is 32.7 Å². The zero-order valence-corrected chi connectivity index (χ0v) is 18.5. The van der Waals surface area contributed by atoms with E-state index in [9.17, 15) is 4.79 Å². The highest BCUT2D eigenvalue weighted by atomic mass is 32.1. The van der Waals surface area contributed by atoms with E-state index in [4.69, 9.17) is 14.2 Å². The first-order chi connectivity index (χ1) is 14.0. The smallest absolute Gasteiger partial charge is 0.263 e. The molecule has 29 heavy (non-hydrogen) atoms. The predicted molar refractivity (Wildman–Crippen MR) is 115 cm³/mol. The van der Waals surface area contributed by atoms with Crippen LogP contribution in [0.25, 0.3) is 10.6 Å². The van der Waals surface area contributed by atoms with Crippen LogP contribution in [0, 0.1) is 6.92 Å². The van der Waals surface area contributed by atoms with Crippen LogP contribution in [0.4, 0.5) is 0 Å². The Morgan fingerprint density at radius 2 is 1.93 bits per heavy atom. The Bertz CT molecular complexity index is 843. The molecule has 1 N–H and O–H groups in total. The summed E-state index contributed by atoms with van der Waals surface area (Å²) in [5.74, 6) is 1.58. The molecular weight excluding hydrogens is 390 g/mol. The van der Waals surface area contributed by atoms with E-state index in [0.717, 1.165) is 35.8 Å². The van der Waals surface area contributed by atoms with Crippen LogP contribution < -0.4 is 19.5 Å². The summed E-state index contributed by atoms with van der Waals surface area (Å²) in [7, 11) is 4.73. The first-order valence-electron chi connectivity index (χ1n) is 9.82. The van der Waals surface area contributed by atoms with E-state index in [1.165, 1.54) is 17.8 Å². The van der Waals surface area contributed by atoms with Crippen molar-refractivity contribution in [1.29, 1.82) is 0 Å². The number of hydrogen-bond donors (Lipinski definition) is 1. The van der Waals surface area contributed by atoms with Gasteiger partial charge in [0.05, 0.1) is 27.0 Å². The van der Waals surface area contributed by atoms with Gasteiger partial charge in [-0.3, -0.25) is 9.69 Å². The monoisotopic (exact) mass is 419 g/mol. The molecule has 0 aliphatic carbocycles. The van der Waals surface area contributed by atoms with Crippen molar-refractivity contribution < 1.29 is 19.0 Å². The Hall–Kier alpha value is -2.32. The predicted octanol–water partition coefficient (Wildman–Crippen LogP) is 3.36. The molecule has 1 aromatic carbocycles. The fourth-order valence-electron chi connectivity index (χ4n) is 3.77. The molecule has 0 bridgehead atoms. The van der Waals surface area contributed by atoms with Crippen molar-refractivity contribution in [2.75, 3.05) is 41.0 Å². The largest absolute Gasteiger partial charge is 0.493 e. The average molecular weight is 420 g/mol. The number of hydrogen-bond acceptors (Lipinski definition) is 7. The summed E-state index contributed by atoms with van der Waals surface area (Å²) >= 11 is 1.37. The molecule has 1 fully saturated rings. The number of thiazole rings is 1. The maximum absolute atomic E-state index is 12.8. The van der Waals surface area contributed by atoms with Crippen LogP contribution >= 0.6 is 11.3 Å².